The van der Waals surface area contributed by atoms with E-state index in [0.717, 1.165) is 10.4 Å². The molecule has 0 saturated carbocycles. The minimum Gasteiger partial charge on any atom is -0.404 e. The maximum absolute atomic E-state index is 10.4. The highest BCUT2D eigenvalue weighted by molar-refractivity contribution is 6.99. The van der Waals surface area contributed by atoms with E-state index in [9.17, 15) is 5.11 Å². The zero-order chi connectivity index (χ0) is 23.2. The van der Waals surface area contributed by atoms with Crippen molar-refractivity contribution in [2.24, 2.45) is 5.73 Å². The van der Waals surface area contributed by atoms with Crippen LogP contribution in [0.4, 0.5) is 0 Å². The molecule has 7 heteroatoms. The summed E-state index contributed by atoms with van der Waals surface area (Å²) in [6.45, 7) is 10.2. The molecule has 2 aliphatic heterocycles. The van der Waals surface area contributed by atoms with Crippen LogP contribution < -0.4 is 16.1 Å². The fraction of sp³-hybridized carbons (Fsp3) is 0.520. The molecule has 0 aromatic heterocycles. The second kappa shape index (κ2) is 8.33. The topological polar surface area (TPSA) is 83.2 Å². The van der Waals surface area contributed by atoms with Crippen molar-refractivity contribution in [1.82, 2.24) is 0 Å². The third kappa shape index (κ3) is 3.86. The molecule has 174 valence electrons. The Bertz CT molecular complexity index is 877. The fourth-order valence-corrected chi connectivity index (χ4v) is 9.63. The van der Waals surface area contributed by atoms with Gasteiger partial charge in [-0.25, -0.2) is 0 Å². The lowest BCUT2D eigenvalue weighted by Gasteiger charge is -2.45. The number of hydrogen-bond donors (Lipinski definition) is 2. The molecule has 0 spiro atoms. The number of ether oxygens (including phenoxy) is 3. The Morgan fingerprint density at radius 1 is 0.938 bits per heavy atom. The molecule has 2 saturated heterocycles. The van der Waals surface area contributed by atoms with Crippen LogP contribution in [0.15, 0.2) is 60.7 Å². The quantitative estimate of drug-likeness (QED) is 0.647. The van der Waals surface area contributed by atoms with E-state index in [0.29, 0.717) is 0 Å². The molecule has 2 heterocycles. The van der Waals surface area contributed by atoms with E-state index in [2.05, 4.69) is 45.0 Å². The number of hydrogen-bond acceptors (Lipinski definition) is 6. The lowest BCUT2D eigenvalue weighted by atomic mass is 9.95. The van der Waals surface area contributed by atoms with Gasteiger partial charge in [0.15, 0.2) is 12.1 Å². The fourth-order valence-electron chi connectivity index (χ4n) is 5.01. The van der Waals surface area contributed by atoms with Gasteiger partial charge in [-0.05, 0) is 29.3 Å². The first-order chi connectivity index (χ1) is 15.0. The largest absolute Gasteiger partial charge is 0.404 e. The van der Waals surface area contributed by atoms with Crippen molar-refractivity contribution in [3.05, 3.63) is 60.7 Å². The molecule has 3 N–H and O–H groups in total. The van der Waals surface area contributed by atoms with E-state index in [1.807, 2.05) is 50.2 Å². The van der Waals surface area contributed by atoms with Crippen molar-refractivity contribution in [3.63, 3.8) is 0 Å². The van der Waals surface area contributed by atoms with Gasteiger partial charge in [0.25, 0.3) is 8.32 Å². The third-order valence-electron chi connectivity index (χ3n) is 6.62. The van der Waals surface area contributed by atoms with Crippen LogP contribution in [0.25, 0.3) is 0 Å². The van der Waals surface area contributed by atoms with Crippen LogP contribution in [0, 0.1) is 0 Å². The Hall–Kier alpha value is -1.58. The summed E-state index contributed by atoms with van der Waals surface area (Å²) < 4.78 is 25.1. The van der Waals surface area contributed by atoms with Crippen molar-refractivity contribution in [3.8, 4) is 0 Å². The van der Waals surface area contributed by atoms with Gasteiger partial charge >= 0.3 is 0 Å². The smallest absolute Gasteiger partial charge is 0.261 e. The van der Waals surface area contributed by atoms with E-state index in [-0.39, 0.29) is 18.3 Å². The summed E-state index contributed by atoms with van der Waals surface area (Å²) in [6, 6.07) is 20.2. The summed E-state index contributed by atoms with van der Waals surface area (Å²) in [5, 5.41) is 12.6. The summed E-state index contributed by atoms with van der Waals surface area (Å²) in [4.78, 5) is 0. The molecule has 2 aromatic carbocycles. The van der Waals surface area contributed by atoms with Crippen molar-refractivity contribution in [2.75, 3.05) is 13.2 Å². The van der Waals surface area contributed by atoms with Crippen LogP contribution >= 0.6 is 0 Å². The maximum atomic E-state index is 10.4. The molecule has 0 aliphatic carbocycles. The number of rotatable bonds is 6. The van der Waals surface area contributed by atoms with Crippen molar-refractivity contribution >= 4 is 18.7 Å². The molecule has 2 fully saturated rings. The second-order valence-corrected chi connectivity index (χ2v) is 14.6. The highest BCUT2D eigenvalue weighted by Crippen LogP contribution is 2.43. The van der Waals surface area contributed by atoms with Gasteiger partial charge in [0, 0.05) is 0 Å². The SMILES string of the molecule is CC1(C)O[C@H]2O[C@](CO)(CO[Si](c3ccccc3)(c3ccccc3)C(C)(C)C)[C@@H](N)[C@H]2O1. The van der Waals surface area contributed by atoms with Crippen molar-refractivity contribution in [2.45, 2.75) is 69.5 Å². The minimum atomic E-state index is -2.80. The molecular weight excluding hydrogens is 422 g/mol. The van der Waals surface area contributed by atoms with Gasteiger partial charge in [-0.2, -0.15) is 0 Å². The molecule has 0 radical (unpaired) electrons. The van der Waals surface area contributed by atoms with Gasteiger partial charge in [-0.15, -0.1) is 0 Å². The number of benzene rings is 2. The Morgan fingerprint density at radius 2 is 1.47 bits per heavy atom. The van der Waals surface area contributed by atoms with Crippen LogP contribution in [0.5, 0.6) is 0 Å². The average Bonchev–Trinajstić information content (AvgIpc) is 3.19. The van der Waals surface area contributed by atoms with Gasteiger partial charge in [-0.3, -0.25) is 0 Å². The monoisotopic (exact) mass is 457 g/mol. The lowest BCUT2D eigenvalue weighted by Crippen LogP contribution is -2.69. The maximum Gasteiger partial charge on any atom is 0.261 e. The van der Waals surface area contributed by atoms with E-state index >= 15 is 0 Å². The lowest BCUT2D eigenvalue weighted by molar-refractivity contribution is -0.238. The number of nitrogens with two attached hydrogens (primary N) is 1. The summed E-state index contributed by atoms with van der Waals surface area (Å²) in [6.07, 6.45) is -1.09. The number of aliphatic hydroxyl groups excluding tert-OH is 1. The standard InChI is InChI=1S/C25H35NO5Si/c1-23(2,3)32(18-12-8-6-9-13-18,19-14-10-7-11-15-19)28-17-25(16-27)21(26)20-22(31-25)30-24(4,5)29-20/h6-15,20-22,27H,16-17,26H2,1-5H3/t20-,21+,22+,25-/m1/s1. The van der Waals surface area contributed by atoms with Crippen LogP contribution in [0.1, 0.15) is 34.6 Å². The Morgan fingerprint density at radius 3 is 1.91 bits per heavy atom. The molecule has 0 unspecified atom stereocenters. The van der Waals surface area contributed by atoms with Gasteiger partial charge in [0.2, 0.25) is 0 Å². The van der Waals surface area contributed by atoms with Gasteiger partial charge in [0.05, 0.1) is 19.3 Å². The Kier molecular flexibility index (Phi) is 6.13. The van der Waals surface area contributed by atoms with Crippen LogP contribution in [0.2, 0.25) is 5.04 Å². The van der Waals surface area contributed by atoms with Crippen LogP contribution in [-0.4, -0.2) is 56.5 Å². The first kappa shape index (κ1) is 23.6. The van der Waals surface area contributed by atoms with Crippen molar-refractivity contribution in [1.29, 1.82) is 0 Å². The first-order valence-corrected chi connectivity index (χ1v) is 13.1. The summed E-state index contributed by atoms with van der Waals surface area (Å²) in [5.74, 6) is -0.770. The predicted molar refractivity (Wildman–Crippen MR) is 126 cm³/mol. The molecule has 6 nitrogen and oxygen atoms in total. The number of aliphatic hydroxyl groups is 1. The van der Waals surface area contributed by atoms with Crippen LogP contribution in [-0.2, 0) is 18.6 Å². The van der Waals surface area contributed by atoms with Gasteiger partial charge in [0.1, 0.15) is 11.7 Å². The Labute approximate surface area is 191 Å². The van der Waals surface area contributed by atoms with Crippen LogP contribution in [0.3, 0.4) is 0 Å². The van der Waals surface area contributed by atoms with E-state index in [1.165, 1.54) is 0 Å². The number of fused-ring (bicyclic) bond motifs is 1. The van der Waals surface area contributed by atoms with E-state index < -0.39 is 38.1 Å². The minimum absolute atomic E-state index is 0.137. The third-order valence-corrected chi connectivity index (χ3v) is 11.6. The zero-order valence-corrected chi connectivity index (χ0v) is 20.6. The molecule has 0 bridgehead atoms. The average molecular weight is 458 g/mol. The molecular formula is C25H35NO5Si. The summed E-state index contributed by atoms with van der Waals surface area (Å²) >= 11 is 0. The molecule has 2 aromatic rings. The Balaban J connectivity index is 1.73. The highest BCUT2D eigenvalue weighted by Gasteiger charge is 2.62. The van der Waals surface area contributed by atoms with Gasteiger partial charge in [-0.1, -0.05) is 81.4 Å². The van der Waals surface area contributed by atoms with Gasteiger partial charge < -0.3 is 29.5 Å². The second-order valence-electron chi connectivity index (χ2n) is 10.3. The molecule has 0 amide bonds. The molecule has 2 aliphatic rings. The van der Waals surface area contributed by atoms with E-state index in [1.54, 1.807) is 0 Å². The highest BCUT2D eigenvalue weighted by atomic mass is 28.4. The molecule has 4 atom stereocenters. The summed E-state index contributed by atoms with van der Waals surface area (Å²) in [7, 11) is -2.80. The normalized spacial score (nSPS) is 29.8. The molecule has 4 rings (SSSR count). The van der Waals surface area contributed by atoms with E-state index in [4.69, 9.17) is 24.4 Å². The van der Waals surface area contributed by atoms with Crippen molar-refractivity contribution < 1.29 is 23.7 Å². The summed E-state index contributed by atoms with van der Waals surface area (Å²) in [5.41, 5.74) is 5.48. The predicted octanol–water partition coefficient (Wildman–Crippen LogP) is 2.13. The first-order valence-electron chi connectivity index (χ1n) is 11.2. The molecule has 32 heavy (non-hydrogen) atoms. The zero-order valence-electron chi connectivity index (χ0n) is 19.6.